The maximum absolute atomic E-state index is 3.67. The summed E-state index contributed by atoms with van der Waals surface area (Å²) in [5, 5.41) is 2.93. The van der Waals surface area contributed by atoms with Gasteiger partial charge >= 0.3 is 0 Å². The van der Waals surface area contributed by atoms with Crippen molar-refractivity contribution in [3.63, 3.8) is 0 Å². The Hall–Kier alpha value is -0.560. The normalized spacial score (nSPS) is 6.75. The summed E-state index contributed by atoms with van der Waals surface area (Å²) in [5.41, 5.74) is 1.17. The van der Waals surface area contributed by atoms with Gasteiger partial charge in [0.2, 0.25) is 0 Å². The van der Waals surface area contributed by atoms with Crippen LogP contribution >= 0.6 is 0 Å². The van der Waals surface area contributed by atoms with Crippen molar-refractivity contribution < 1.29 is 0 Å². The molecule has 0 bridgehead atoms. The Morgan fingerprint density at radius 3 is 1.75 bits per heavy atom. The fraction of sp³-hybridized carbons (Fsp3) is 0.636. The van der Waals surface area contributed by atoms with Crippen LogP contribution in [0.3, 0.4) is 0 Å². The van der Waals surface area contributed by atoms with Crippen LogP contribution in [0, 0.1) is 0 Å². The third kappa shape index (κ3) is 56.8. The van der Waals surface area contributed by atoms with Gasteiger partial charge in [-0.05, 0) is 26.9 Å². The van der Waals surface area contributed by atoms with Gasteiger partial charge in [0.15, 0.2) is 0 Å². The van der Waals surface area contributed by atoms with Crippen molar-refractivity contribution in [2.45, 2.75) is 34.1 Å². The molecule has 1 N–H and O–H groups in total. The third-order valence-corrected chi connectivity index (χ3v) is 0.846. The molecule has 0 aromatic heterocycles. The van der Waals surface area contributed by atoms with Gasteiger partial charge in [-0.2, -0.15) is 0 Å². The van der Waals surface area contributed by atoms with Crippen LogP contribution in [0.15, 0.2) is 24.8 Å². The van der Waals surface area contributed by atoms with Gasteiger partial charge in [-0.25, -0.2) is 0 Å². The first kappa shape index (κ1) is 17.5. The van der Waals surface area contributed by atoms with E-state index in [9.17, 15) is 0 Å². The second-order valence-electron chi connectivity index (χ2n) is 2.16. The predicted molar refractivity (Wildman–Crippen MR) is 60.6 cm³/mol. The van der Waals surface area contributed by atoms with Gasteiger partial charge in [-0.3, -0.25) is 0 Å². The van der Waals surface area contributed by atoms with Crippen molar-refractivity contribution in [3.8, 4) is 0 Å². The number of rotatable bonds is 3. The second kappa shape index (κ2) is 22.4. The molecule has 1 heteroatoms. The largest absolute Gasteiger partial charge is 0.320 e. The van der Waals surface area contributed by atoms with Crippen molar-refractivity contribution in [2.75, 3.05) is 13.6 Å². The topological polar surface area (TPSA) is 12.0 Å². The zero-order chi connectivity index (χ0) is 10.4. The Labute approximate surface area is 78.6 Å². The molecule has 0 rings (SSSR count). The molecule has 0 spiro atoms. The maximum Gasteiger partial charge on any atom is -0.00804 e. The number of allylic oxidation sites excluding steroid dienone is 2. The van der Waals surface area contributed by atoms with Gasteiger partial charge in [0.1, 0.15) is 0 Å². The summed E-state index contributed by atoms with van der Waals surface area (Å²) in [6.07, 6.45) is 2.79. The van der Waals surface area contributed by atoms with Gasteiger partial charge < -0.3 is 5.32 Å². The molecule has 0 amide bonds. The van der Waals surface area contributed by atoms with Crippen molar-refractivity contribution >= 4 is 0 Å². The van der Waals surface area contributed by atoms with Crippen LogP contribution in [0.5, 0.6) is 0 Å². The van der Waals surface area contributed by atoms with E-state index in [2.05, 4.69) is 25.4 Å². The van der Waals surface area contributed by atoms with Crippen LogP contribution in [0.25, 0.3) is 0 Å². The predicted octanol–water partition coefficient (Wildman–Crippen LogP) is 3.39. The lowest BCUT2D eigenvalue weighted by Gasteiger charge is -1.82. The summed E-state index contributed by atoms with van der Waals surface area (Å²) in [6.45, 7) is 16.3. The molecule has 0 unspecified atom stereocenters. The molecule has 0 aromatic rings. The molecule has 0 saturated heterocycles. The first-order valence-electron chi connectivity index (χ1n) is 4.58. The Morgan fingerprint density at radius 2 is 1.75 bits per heavy atom. The third-order valence-electron chi connectivity index (χ3n) is 0.846. The van der Waals surface area contributed by atoms with Crippen molar-refractivity contribution in [1.29, 1.82) is 0 Å². The van der Waals surface area contributed by atoms with Crippen LogP contribution in [0.2, 0.25) is 0 Å². The first-order chi connectivity index (χ1) is 5.68. The van der Waals surface area contributed by atoms with E-state index in [0.29, 0.717) is 0 Å². The van der Waals surface area contributed by atoms with E-state index in [4.69, 9.17) is 0 Å². The standard InChI is InChI=1S/C6H10.C3H9N.C2H6/c1-4-5-6(2)3;1-3-4-2;1-2/h4H,1-2,5H2,3H3;4H,3H2,1-2H3;1-2H3. The summed E-state index contributed by atoms with van der Waals surface area (Å²) in [5.74, 6) is 0. The average molecular weight is 171 g/mol. The van der Waals surface area contributed by atoms with E-state index in [1.165, 1.54) is 5.57 Å². The van der Waals surface area contributed by atoms with Crippen molar-refractivity contribution in [1.82, 2.24) is 5.32 Å². The highest BCUT2D eigenvalue weighted by Crippen LogP contribution is 1.92. The quantitative estimate of drug-likeness (QED) is 0.642. The first-order valence-corrected chi connectivity index (χ1v) is 4.58. The molecule has 0 heterocycles. The molecule has 1 nitrogen and oxygen atoms in total. The van der Waals surface area contributed by atoms with Crippen LogP contribution in [-0.4, -0.2) is 13.6 Å². The highest BCUT2D eigenvalue weighted by atomic mass is 14.8. The second-order valence-corrected chi connectivity index (χ2v) is 2.16. The Bertz CT molecular complexity index is 83.0. The molecule has 0 atom stereocenters. The summed E-state index contributed by atoms with van der Waals surface area (Å²) in [6, 6.07) is 0. The van der Waals surface area contributed by atoms with Crippen molar-refractivity contribution in [2.24, 2.45) is 0 Å². The Kier molecular flexibility index (Phi) is 32.7. The molecule has 0 radical (unpaired) electrons. The van der Waals surface area contributed by atoms with E-state index < -0.39 is 0 Å². The average Bonchev–Trinajstić information content (AvgIpc) is 2.08. The highest BCUT2D eigenvalue weighted by Gasteiger charge is 1.71. The fourth-order valence-corrected chi connectivity index (χ4v) is 0.246. The molecule has 74 valence electrons. The molecule has 12 heavy (non-hydrogen) atoms. The van der Waals surface area contributed by atoms with Crippen molar-refractivity contribution in [3.05, 3.63) is 24.8 Å². The lowest BCUT2D eigenvalue weighted by Crippen LogP contribution is -2.01. The molecular formula is C11H25N. The maximum atomic E-state index is 3.67. The van der Waals surface area contributed by atoms with Crippen LogP contribution < -0.4 is 5.32 Å². The smallest absolute Gasteiger partial charge is 0.00804 e. The zero-order valence-electron chi connectivity index (χ0n) is 9.41. The minimum atomic E-state index is 0.944. The van der Waals surface area contributed by atoms with E-state index in [0.717, 1.165) is 13.0 Å². The lowest BCUT2D eigenvalue weighted by atomic mass is 10.2. The zero-order valence-corrected chi connectivity index (χ0v) is 9.41. The Morgan fingerprint density at radius 1 is 1.42 bits per heavy atom. The minimum absolute atomic E-state index is 0.944. The highest BCUT2D eigenvalue weighted by molar-refractivity contribution is 4.94. The van der Waals surface area contributed by atoms with E-state index in [-0.39, 0.29) is 0 Å². The molecule has 0 saturated carbocycles. The van der Waals surface area contributed by atoms with Gasteiger partial charge in [0.25, 0.3) is 0 Å². The molecule has 0 aromatic carbocycles. The molecule has 0 fully saturated rings. The molecule has 0 aliphatic carbocycles. The fourth-order valence-electron chi connectivity index (χ4n) is 0.246. The monoisotopic (exact) mass is 171 g/mol. The van der Waals surface area contributed by atoms with Gasteiger partial charge in [0.05, 0.1) is 0 Å². The van der Waals surface area contributed by atoms with Gasteiger partial charge in [0, 0.05) is 0 Å². The van der Waals surface area contributed by atoms with Gasteiger partial charge in [-0.15, -0.1) is 6.58 Å². The SMILES string of the molecule is C=CCC(=C)C.CC.CCNC. The minimum Gasteiger partial charge on any atom is -0.320 e. The lowest BCUT2D eigenvalue weighted by molar-refractivity contribution is 0.864. The van der Waals surface area contributed by atoms with E-state index in [1.54, 1.807) is 0 Å². The van der Waals surface area contributed by atoms with E-state index in [1.807, 2.05) is 33.9 Å². The van der Waals surface area contributed by atoms with E-state index >= 15 is 0 Å². The summed E-state index contributed by atoms with van der Waals surface area (Å²) < 4.78 is 0. The number of hydrogen-bond donors (Lipinski definition) is 1. The molecule has 0 aliphatic rings. The Balaban J connectivity index is -0.000000118. The van der Waals surface area contributed by atoms with Crippen LogP contribution in [0.4, 0.5) is 0 Å². The number of nitrogens with one attached hydrogen (secondary N) is 1. The van der Waals surface area contributed by atoms with Crippen LogP contribution in [-0.2, 0) is 0 Å². The summed E-state index contributed by atoms with van der Waals surface area (Å²) in [7, 11) is 1.93. The summed E-state index contributed by atoms with van der Waals surface area (Å²) in [4.78, 5) is 0. The molecule has 0 aliphatic heterocycles. The van der Waals surface area contributed by atoms with Crippen LogP contribution in [0.1, 0.15) is 34.1 Å². The molecular weight excluding hydrogens is 146 g/mol. The number of hydrogen-bond acceptors (Lipinski definition) is 1. The summed E-state index contributed by atoms with van der Waals surface area (Å²) >= 11 is 0. The van der Waals surface area contributed by atoms with Gasteiger partial charge in [-0.1, -0.05) is 39.0 Å².